The molecule has 2 aliphatic heterocycles. The summed E-state index contributed by atoms with van der Waals surface area (Å²) in [6.07, 6.45) is 12.0. The molecule has 9 aliphatic rings. The van der Waals surface area contributed by atoms with Gasteiger partial charge in [-0.3, -0.25) is 63.4 Å². The standard InChI is InChI=1S/C13H12O3.C12H13NO4.C12H10O4.C12H14O2.C11H11NO4.C11H13NO2.C11H12O3.CH4O.BBr3.Li.H2O/c1-8(14)13(4-5-13)10-2-3-11-9(6-10)7-12(15)16-11;1-8(14)12(5-6-12)9-3-4-11(17-2)10(7-9)13(15)16;13-10-6-7-5-8(1-2-9(7)16-10)12(3-4-12)11(14)15;1-9(13)12(7-8-12)10-3-5-11(14-2)6-4-10;1-7(13)11(4-5-11)8-2-3-10(14)9(6-8)12(15)16;1-7(13)11(4-5-11)8-2-3-10(14)9(12)6-8;1-14-9-4-2-8(3-5-9)11(6-7-11)10(12)13;1-2;2-1(3)4;;/h2-3,6H,4-5,7H2,1H3;3-4,7H,5-6H2,1-2H3;1-2,5H,3-4,6H2,(H,14,15);3-6H,7-8H2,1-2H3;2-3,6,14H,4-5H2,1H3;2-3,6,14H,4-5,12H2,1H3;2-5H,6-7H2,1H3,(H,12,13);2H,1H3;;;1H2/q;;;;;;;;;+1;/p-1. The number of rotatable bonds is 19. The SMILES string of the molecule is BrB(Br)Br.CC(=O)C1(c2ccc(O)c(N)c2)CC1.CC(=O)C1(c2ccc(O)c([N+](=O)[O-])c2)CC1.CC(=O)C1(c2ccc3c(c2)CC(=O)O3)CC1.CO.COc1ccc(C2(C(=O)O)CC2)cc1.COc1ccc(C2(C(C)=O)CC2)cc1.COc1ccc(C2(C(C)=O)CC2)cc1[N+](=O)[O-].O=C1Cc2cc(C3(C(=O)O)CC3)ccc2O1.[Li+].[OH-]. The molecule has 0 aromatic heterocycles. The van der Waals surface area contributed by atoms with E-state index < -0.39 is 43.4 Å². The van der Waals surface area contributed by atoms with Crippen LogP contribution in [0.5, 0.6) is 40.2 Å². The molecular weight excluding hydrogens is 1680 g/mol. The van der Waals surface area contributed by atoms with Crippen LogP contribution in [0.2, 0.25) is 0 Å². The van der Waals surface area contributed by atoms with E-state index in [0.717, 1.165) is 140 Å². The summed E-state index contributed by atoms with van der Waals surface area (Å²) in [7, 11) is 5.63. The number of aliphatic hydroxyl groups is 1. The minimum absolute atomic E-state index is 0. The number of phenols is 2. The molecule has 0 amide bonds. The van der Waals surface area contributed by atoms with Crippen LogP contribution in [0.25, 0.3) is 0 Å². The van der Waals surface area contributed by atoms with Crippen LogP contribution in [0.3, 0.4) is 0 Å². The topological polar surface area (TPSA) is 443 Å². The van der Waals surface area contributed by atoms with Gasteiger partial charge in [-0.15, -0.1) is 47.3 Å². The van der Waals surface area contributed by atoms with Gasteiger partial charge in [0.05, 0.1) is 87.6 Å². The van der Waals surface area contributed by atoms with E-state index in [-0.39, 0.29) is 120 Å². The zero-order valence-electron chi connectivity index (χ0n) is 65.3. The molecule has 7 aromatic carbocycles. The number of phenolic OH excluding ortho intramolecular Hbond substituents is 2. The van der Waals surface area contributed by atoms with Gasteiger partial charge in [0.15, 0.2) is 11.5 Å². The van der Waals surface area contributed by atoms with Crippen molar-refractivity contribution in [2.45, 2.75) is 175 Å². The van der Waals surface area contributed by atoms with Gasteiger partial charge in [0.2, 0.25) is 0 Å². The molecule has 2 heterocycles. The zero-order valence-corrected chi connectivity index (χ0v) is 70.1. The Bertz CT molecular complexity index is 4650. The molecule has 0 unspecified atom stereocenters. The number of carboxylic acids is 2. The van der Waals surface area contributed by atoms with Crippen LogP contribution in [-0.2, 0) is 93.9 Å². The fourth-order valence-electron chi connectivity index (χ4n) is 14.0. The van der Waals surface area contributed by atoms with Gasteiger partial charge < -0.3 is 60.4 Å². The number of halogens is 3. The first-order valence-corrected chi connectivity index (χ1v) is 38.9. The van der Waals surface area contributed by atoms with E-state index in [0.29, 0.717) is 42.0 Å². The monoisotopic (exact) mass is 1770 g/mol. The molecule has 0 radical (unpaired) electrons. The normalized spacial score (nSPS) is 17.1. The number of nitrogens with zero attached hydrogens (tertiary/aromatic N) is 2. The predicted molar refractivity (Wildman–Crippen MR) is 432 cm³/mol. The number of carbonyl (C=O) groups excluding carboxylic acids is 7. The van der Waals surface area contributed by atoms with Crippen molar-refractivity contribution in [3.63, 3.8) is 0 Å². The molecule has 7 fully saturated rings. The average molecular weight is 1770 g/mol. The Balaban J connectivity index is 0.000000206. The average Bonchev–Trinajstić information content (AvgIpc) is 1.56. The van der Waals surface area contributed by atoms with Gasteiger partial charge in [-0.1, -0.05) is 66.7 Å². The van der Waals surface area contributed by atoms with Crippen LogP contribution >= 0.6 is 47.3 Å². The molecule has 0 saturated heterocycles. The second-order valence-corrected chi connectivity index (χ2v) is 35.4. The van der Waals surface area contributed by atoms with Gasteiger partial charge >= 0.3 is 57.3 Å². The largest absolute Gasteiger partial charge is 1.00 e. The number of hydrogen-bond donors (Lipinski definition) is 6. The summed E-state index contributed by atoms with van der Waals surface area (Å²) in [6.45, 7) is 7.95. The summed E-state index contributed by atoms with van der Waals surface area (Å²) in [5.74, 6) is 1.53. The summed E-state index contributed by atoms with van der Waals surface area (Å²) in [6, 6.07) is 39.9. The zero-order chi connectivity index (χ0) is 83.5. The summed E-state index contributed by atoms with van der Waals surface area (Å²) in [5.41, 5.74) is 10.3. The second-order valence-electron chi connectivity index (χ2n) is 29.0. The maximum absolute atomic E-state index is 11.6. The van der Waals surface area contributed by atoms with Crippen LogP contribution in [0.4, 0.5) is 17.1 Å². The Kier molecular flexibility index (Phi) is 31.9. The van der Waals surface area contributed by atoms with Crippen LogP contribution in [0.15, 0.2) is 140 Å². The fraction of sp³-hybridized carbons (Fsp3) is 0.386. The maximum atomic E-state index is 11.6. The first-order chi connectivity index (χ1) is 53.4. The van der Waals surface area contributed by atoms with Crippen LogP contribution in [0.1, 0.15) is 175 Å². The van der Waals surface area contributed by atoms with Crippen molar-refractivity contribution < 1.29 is 127 Å². The van der Waals surface area contributed by atoms with Crippen molar-refractivity contribution >= 4 is 120 Å². The van der Waals surface area contributed by atoms with E-state index in [9.17, 15) is 73.6 Å². The number of anilines is 1. The van der Waals surface area contributed by atoms with E-state index in [1.54, 1.807) is 108 Å². The van der Waals surface area contributed by atoms with Gasteiger partial charge in [-0.05, 0) is 224 Å². The molecule has 606 valence electrons. The molecule has 27 nitrogen and oxygen atoms in total. The van der Waals surface area contributed by atoms with Crippen molar-refractivity contribution in [1.82, 2.24) is 0 Å². The number of esters is 2. The summed E-state index contributed by atoms with van der Waals surface area (Å²) in [5, 5.41) is 65.3. The third kappa shape index (κ3) is 21.7. The summed E-state index contributed by atoms with van der Waals surface area (Å²) < 4.78 is 25.3. The molecule has 32 heteroatoms. The van der Waals surface area contributed by atoms with E-state index in [1.807, 2.05) is 48.5 Å². The van der Waals surface area contributed by atoms with Crippen molar-refractivity contribution in [2.24, 2.45) is 0 Å². The van der Waals surface area contributed by atoms with Gasteiger partial charge in [-0.25, -0.2) is 0 Å². The number of aliphatic hydroxyl groups excluding tert-OH is 1. The molecular formula is C83H90BBr3LiN3O24. The minimum atomic E-state index is -0.780. The number of ether oxygens (including phenoxy) is 5. The molecule has 0 bridgehead atoms. The van der Waals surface area contributed by atoms with Crippen molar-refractivity contribution in [1.29, 1.82) is 0 Å². The Labute approximate surface area is 701 Å². The number of methoxy groups -OCH3 is 3. The van der Waals surface area contributed by atoms with E-state index >= 15 is 0 Å². The van der Waals surface area contributed by atoms with Crippen molar-refractivity contribution in [3.05, 3.63) is 210 Å². The molecule has 115 heavy (non-hydrogen) atoms. The number of benzene rings is 7. The number of ketones is 5. The number of nitro benzene ring substituents is 2. The molecule has 0 atom stereocenters. The fourth-order valence-corrected chi connectivity index (χ4v) is 14.0. The number of hydrogen-bond acceptors (Lipinski definition) is 23. The number of nitrogens with two attached hydrogens (primary N) is 1. The smallest absolute Gasteiger partial charge is 0.870 e. The first kappa shape index (κ1) is 94.2. The predicted octanol–water partition coefficient (Wildman–Crippen LogP) is 11.5. The second kappa shape index (κ2) is 38.9. The molecule has 7 aromatic rings. The Morgan fingerprint density at radius 3 is 0.974 bits per heavy atom. The molecule has 7 aliphatic carbocycles. The summed E-state index contributed by atoms with van der Waals surface area (Å²) in [4.78, 5) is 122. The summed E-state index contributed by atoms with van der Waals surface area (Å²) >= 11 is 9.31. The van der Waals surface area contributed by atoms with Gasteiger partial charge in [0.1, 0.15) is 57.7 Å². The Hall–Kier alpha value is -9.61. The van der Waals surface area contributed by atoms with Crippen molar-refractivity contribution in [2.75, 3.05) is 34.2 Å². The molecule has 16 rings (SSSR count). The first-order valence-electron chi connectivity index (χ1n) is 36.2. The van der Waals surface area contributed by atoms with Gasteiger partial charge in [0.25, 0.3) is 0 Å². The number of nitrogen functional groups attached to an aromatic ring is 1. The number of carbonyl (C=O) groups is 9. The van der Waals surface area contributed by atoms with E-state index in [4.69, 9.17) is 44.7 Å². The maximum Gasteiger partial charge on any atom is 1.00 e. The van der Waals surface area contributed by atoms with Crippen LogP contribution < -0.4 is 48.3 Å². The van der Waals surface area contributed by atoms with Crippen LogP contribution in [0, 0.1) is 20.2 Å². The number of Topliss-reactive ketones (excluding diaryl/α,β-unsaturated/α-hetero) is 5. The number of aliphatic carboxylic acids is 2. The number of carboxylic acid groups (broad SMARTS) is 2. The third-order valence-electron chi connectivity index (χ3n) is 22.3. The molecule has 0 spiro atoms. The number of fused-ring (bicyclic) bond motifs is 2. The Morgan fingerprint density at radius 1 is 0.417 bits per heavy atom. The van der Waals surface area contributed by atoms with Crippen molar-refractivity contribution in [3.8, 4) is 40.2 Å². The van der Waals surface area contributed by atoms with Crippen LogP contribution in [-0.4, -0.2) is 125 Å². The molecule has 7 saturated carbocycles. The number of aromatic hydroxyl groups is 2. The third-order valence-corrected chi connectivity index (χ3v) is 22.3. The van der Waals surface area contributed by atoms with E-state index in [2.05, 4.69) is 47.3 Å². The van der Waals surface area contributed by atoms with Gasteiger partial charge in [0, 0.05) is 30.4 Å². The molecule has 8 N–H and O–H groups in total. The number of nitro groups is 2. The Morgan fingerprint density at radius 2 is 0.678 bits per heavy atom. The quantitative estimate of drug-likeness (QED) is 0.00833. The van der Waals surface area contributed by atoms with Gasteiger partial charge in [-0.2, -0.15) is 0 Å². The minimum Gasteiger partial charge on any atom is -0.870 e. The van der Waals surface area contributed by atoms with E-state index in [1.165, 1.54) is 39.2 Å².